The van der Waals surface area contributed by atoms with E-state index < -0.39 is 6.04 Å². The minimum absolute atomic E-state index is 0.0888. The van der Waals surface area contributed by atoms with Crippen LogP contribution in [0.4, 0.5) is 0 Å². The molecule has 1 aliphatic rings. The molecule has 0 saturated carbocycles. The number of carbonyl (C=O) groups excluding carboxylic acids is 1. The molecule has 7 heteroatoms. The fourth-order valence-electron chi connectivity index (χ4n) is 3.40. The van der Waals surface area contributed by atoms with Crippen molar-refractivity contribution in [1.29, 1.82) is 0 Å². The topological polar surface area (TPSA) is 59.8 Å². The largest absolute Gasteiger partial charge is 0.450 e. The number of methoxy groups -OCH3 is 1. The molecule has 0 N–H and O–H groups in total. The smallest absolute Gasteiger partial charge is 0.290 e. The highest BCUT2D eigenvalue weighted by Crippen LogP contribution is 2.38. The molecule has 0 saturated heterocycles. The molecule has 0 bridgehead atoms. The van der Waals surface area contributed by atoms with Crippen LogP contribution in [0.1, 0.15) is 27.7 Å². The van der Waals surface area contributed by atoms with E-state index in [1.165, 1.54) is 0 Å². The van der Waals surface area contributed by atoms with Gasteiger partial charge in [0.2, 0.25) is 5.76 Å². The molecular weight excluding hydrogens is 434 g/mol. The second-order valence-corrected chi connectivity index (χ2v) is 7.61. The predicted octanol–water partition coefficient (Wildman–Crippen LogP) is 4.40. The van der Waals surface area contributed by atoms with E-state index in [-0.39, 0.29) is 17.1 Å². The molecule has 1 aromatic heterocycles. The summed E-state index contributed by atoms with van der Waals surface area (Å²) in [4.78, 5) is 27.9. The van der Waals surface area contributed by atoms with Gasteiger partial charge in [-0.1, -0.05) is 39.7 Å². The van der Waals surface area contributed by atoms with Crippen LogP contribution in [0.15, 0.2) is 56.1 Å². The van der Waals surface area contributed by atoms with E-state index in [0.29, 0.717) is 34.7 Å². The summed E-state index contributed by atoms with van der Waals surface area (Å²) in [5, 5.41) is 1.02. The van der Waals surface area contributed by atoms with Gasteiger partial charge in [0.15, 0.2) is 5.43 Å². The van der Waals surface area contributed by atoms with E-state index in [1.807, 2.05) is 12.1 Å². The third-order valence-corrected chi connectivity index (χ3v) is 5.40. The van der Waals surface area contributed by atoms with Gasteiger partial charge in [-0.05, 0) is 35.9 Å². The minimum atomic E-state index is -0.542. The second-order valence-electron chi connectivity index (χ2n) is 6.26. The van der Waals surface area contributed by atoms with Crippen LogP contribution in [0.3, 0.4) is 0 Å². The van der Waals surface area contributed by atoms with Crippen molar-refractivity contribution in [2.75, 3.05) is 20.3 Å². The van der Waals surface area contributed by atoms with Crippen molar-refractivity contribution in [3.63, 3.8) is 0 Å². The first kappa shape index (κ1) is 18.2. The Kier molecular flexibility index (Phi) is 4.80. The molecule has 27 heavy (non-hydrogen) atoms. The minimum Gasteiger partial charge on any atom is -0.450 e. The van der Waals surface area contributed by atoms with Gasteiger partial charge in [0.1, 0.15) is 5.58 Å². The fraction of sp³-hybridized carbons (Fsp3) is 0.200. The Morgan fingerprint density at radius 1 is 1.19 bits per heavy atom. The molecule has 0 aliphatic carbocycles. The summed E-state index contributed by atoms with van der Waals surface area (Å²) in [6.07, 6.45) is 0. The first-order chi connectivity index (χ1) is 13.0. The van der Waals surface area contributed by atoms with Crippen LogP contribution in [0.5, 0.6) is 0 Å². The van der Waals surface area contributed by atoms with E-state index in [9.17, 15) is 9.59 Å². The Balaban J connectivity index is 1.97. The molecule has 4 rings (SSSR count). The van der Waals surface area contributed by atoms with E-state index in [1.54, 1.807) is 42.3 Å². The van der Waals surface area contributed by atoms with Crippen molar-refractivity contribution in [3.8, 4) is 0 Å². The highest BCUT2D eigenvalue weighted by molar-refractivity contribution is 9.10. The van der Waals surface area contributed by atoms with E-state index in [0.717, 1.165) is 10.0 Å². The van der Waals surface area contributed by atoms with Gasteiger partial charge in [-0.2, -0.15) is 0 Å². The Morgan fingerprint density at radius 3 is 2.63 bits per heavy atom. The first-order valence-corrected chi connectivity index (χ1v) is 9.50. The van der Waals surface area contributed by atoms with Crippen LogP contribution in [-0.2, 0) is 4.74 Å². The van der Waals surface area contributed by atoms with Gasteiger partial charge in [0.05, 0.1) is 23.6 Å². The summed E-state index contributed by atoms with van der Waals surface area (Å²) in [6.45, 7) is 0.690. The SMILES string of the molecule is COCCN1C(=O)c2oc3ccc(Br)cc3c(=O)c2[C@@H]1c1ccc(Cl)cc1. The third kappa shape index (κ3) is 3.08. The summed E-state index contributed by atoms with van der Waals surface area (Å²) in [5.41, 5.74) is 1.33. The average Bonchev–Trinajstić information content (AvgIpc) is 2.94. The molecule has 2 aromatic carbocycles. The molecule has 1 atom stereocenters. The highest BCUT2D eigenvalue weighted by Gasteiger charge is 2.42. The van der Waals surface area contributed by atoms with Gasteiger partial charge in [0, 0.05) is 23.1 Å². The lowest BCUT2D eigenvalue weighted by Crippen LogP contribution is -2.32. The molecule has 2 heterocycles. The van der Waals surface area contributed by atoms with Crippen LogP contribution in [-0.4, -0.2) is 31.1 Å². The number of amides is 1. The number of hydrogen-bond donors (Lipinski definition) is 0. The van der Waals surface area contributed by atoms with Gasteiger partial charge >= 0.3 is 0 Å². The standard InChI is InChI=1S/C20H15BrClNO4/c1-26-9-8-23-17(11-2-5-13(22)6-3-11)16-18(24)14-10-12(21)4-7-15(14)27-19(16)20(23)25/h2-7,10,17H,8-9H2,1H3/t17-/m0/s1. The van der Waals surface area contributed by atoms with E-state index >= 15 is 0 Å². The van der Waals surface area contributed by atoms with Crippen LogP contribution >= 0.6 is 27.5 Å². The first-order valence-electron chi connectivity index (χ1n) is 8.33. The van der Waals surface area contributed by atoms with Crippen molar-refractivity contribution in [1.82, 2.24) is 4.90 Å². The van der Waals surface area contributed by atoms with E-state index in [2.05, 4.69) is 15.9 Å². The van der Waals surface area contributed by atoms with Gasteiger partial charge in [-0.25, -0.2) is 0 Å². The lowest BCUT2D eigenvalue weighted by molar-refractivity contribution is 0.0663. The fourth-order valence-corrected chi connectivity index (χ4v) is 3.89. The van der Waals surface area contributed by atoms with E-state index in [4.69, 9.17) is 20.8 Å². The second kappa shape index (κ2) is 7.11. The Morgan fingerprint density at radius 2 is 1.93 bits per heavy atom. The zero-order valence-corrected chi connectivity index (χ0v) is 16.7. The van der Waals surface area contributed by atoms with Crippen LogP contribution < -0.4 is 5.43 Å². The molecule has 5 nitrogen and oxygen atoms in total. The summed E-state index contributed by atoms with van der Waals surface area (Å²) in [6, 6.07) is 11.8. The molecular formula is C20H15BrClNO4. The monoisotopic (exact) mass is 447 g/mol. The van der Waals surface area contributed by atoms with Crippen LogP contribution in [0.2, 0.25) is 5.02 Å². The maximum Gasteiger partial charge on any atom is 0.290 e. The number of ether oxygens (including phenoxy) is 1. The van der Waals surface area contributed by atoms with Crippen molar-refractivity contribution in [2.45, 2.75) is 6.04 Å². The number of benzene rings is 2. The third-order valence-electron chi connectivity index (χ3n) is 4.65. The predicted molar refractivity (Wildman–Crippen MR) is 106 cm³/mol. The van der Waals surface area contributed by atoms with Gasteiger partial charge in [-0.3, -0.25) is 9.59 Å². The number of fused-ring (bicyclic) bond motifs is 2. The highest BCUT2D eigenvalue weighted by atomic mass is 79.9. The van der Waals surface area contributed by atoms with Gasteiger partial charge in [-0.15, -0.1) is 0 Å². The normalized spacial score (nSPS) is 16.2. The van der Waals surface area contributed by atoms with Gasteiger partial charge in [0.25, 0.3) is 5.91 Å². The Labute approximate surface area is 168 Å². The quantitative estimate of drug-likeness (QED) is 0.593. The molecule has 3 aromatic rings. The van der Waals surface area contributed by atoms with Crippen molar-refractivity contribution < 1.29 is 13.9 Å². The average molecular weight is 449 g/mol. The summed E-state index contributed by atoms with van der Waals surface area (Å²) in [7, 11) is 1.57. The Hall–Kier alpha value is -2.15. The lowest BCUT2D eigenvalue weighted by atomic mass is 9.98. The zero-order chi connectivity index (χ0) is 19.1. The van der Waals surface area contributed by atoms with Crippen molar-refractivity contribution in [3.05, 3.63) is 79.1 Å². The van der Waals surface area contributed by atoms with Crippen LogP contribution in [0, 0.1) is 0 Å². The van der Waals surface area contributed by atoms with Crippen molar-refractivity contribution >= 4 is 44.4 Å². The number of nitrogens with zero attached hydrogens (tertiary/aromatic N) is 1. The number of hydrogen-bond acceptors (Lipinski definition) is 4. The van der Waals surface area contributed by atoms with Crippen molar-refractivity contribution in [2.24, 2.45) is 0 Å². The lowest BCUT2D eigenvalue weighted by Gasteiger charge is -2.24. The van der Waals surface area contributed by atoms with Gasteiger partial charge < -0.3 is 14.1 Å². The summed E-state index contributed by atoms with van der Waals surface area (Å²) in [5.74, 6) is -0.227. The Bertz CT molecular complexity index is 1090. The summed E-state index contributed by atoms with van der Waals surface area (Å²) >= 11 is 9.39. The molecule has 0 fully saturated rings. The molecule has 0 spiro atoms. The zero-order valence-electron chi connectivity index (χ0n) is 14.4. The number of rotatable bonds is 4. The molecule has 138 valence electrons. The number of carbonyl (C=O) groups is 1. The molecule has 1 amide bonds. The number of halogens is 2. The van der Waals surface area contributed by atoms with Crippen LogP contribution in [0.25, 0.3) is 11.0 Å². The maximum absolute atomic E-state index is 13.3. The molecule has 1 aliphatic heterocycles. The molecule has 0 radical (unpaired) electrons. The summed E-state index contributed by atoms with van der Waals surface area (Å²) < 4.78 is 11.8. The maximum atomic E-state index is 13.3. The molecule has 0 unspecified atom stereocenters.